The van der Waals surface area contributed by atoms with E-state index in [1.54, 1.807) is 29.2 Å². The molecule has 142 valence electrons. The molecule has 2 aromatic carbocycles. The molecule has 0 heterocycles. The zero-order valence-electron chi connectivity index (χ0n) is 15.5. The summed E-state index contributed by atoms with van der Waals surface area (Å²) >= 11 is 0. The van der Waals surface area contributed by atoms with Crippen molar-refractivity contribution < 1.29 is 14.5 Å². The Morgan fingerprint density at radius 3 is 2.26 bits per heavy atom. The number of benzene rings is 2. The summed E-state index contributed by atoms with van der Waals surface area (Å²) in [5.74, 6) is -0.549. The van der Waals surface area contributed by atoms with Crippen LogP contribution in [0.1, 0.15) is 47.4 Å². The SMILES string of the molecule is CCCN(CCC)C(=O)c1cccc(NC(=O)c2cccc([N+](=O)[O-])c2)c1. The molecule has 2 aromatic rings. The normalized spacial score (nSPS) is 10.3. The highest BCUT2D eigenvalue weighted by Gasteiger charge is 2.16. The number of amides is 2. The summed E-state index contributed by atoms with van der Waals surface area (Å²) in [6.07, 6.45) is 1.74. The van der Waals surface area contributed by atoms with E-state index in [2.05, 4.69) is 5.32 Å². The van der Waals surface area contributed by atoms with Gasteiger partial charge in [-0.1, -0.05) is 26.0 Å². The number of nitrogens with zero attached hydrogens (tertiary/aromatic N) is 2. The molecule has 7 heteroatoms. The highest BCUT2D eigenvalue weighted by atomic mass is 16.6. The zero-order valence-corrected chi connectivity index (χ0v) is 15.5. The van der Waals surface area contributed by atoms with Gasteiger partial charge in [-0.2, -0.15) is 0 Å². The van der Waals surface area contributed by atoms with Gasteiger partial charge in [-0.25, -0.2) is 0 Å². The molecule has 0 radical (unpaired) electrons. The number of anilines is 1. The number of nitro benzene ring substituents is 1. The van der Waals surface area contributed by atoms with Crippen LogP contribution >= 0.6 is 0 Å². The van der Waals surface area contributed by atoms with Crippen molar-refractivity contribution >= 4 is 23.2 Å². The Balaban J connectivity index is 2.17. The van der Waals surface area contributed by atoms with Crippen molar-refractivity contribution in [3.05, 3.63) is 69.8 Å². The number of non-ortho nitro benzene ring substituents is 1. The molecule has 0 atom stereocenters. The molecule has 0 aliphatic heterocycles. The summed E-state index contributed by atoms with van der Waals surface area (Å²) in [5.41, 5.74) is 0.986. The lowest BCUT2D eigenvalue weighted by molar-refractivity contribution is -0.384. The standard InChI is InChI=1S/C20H23N3O4/c1-3-11-22(12-4-2)20(25)16-8-5-9-17(13-16)21-19(24)15-7-6-10-18(14-15)23(26)27/h5-10,13-14H,3-4,11-12H2,1-2H3,(H,21,24). The summed E-state index contributed by atoms with van der Waals surface area (Å²) in [7, 11) is 0. The minimum atomic E-state index is -0.549. The van der Waals surface area contributed by atoms with E-state index in [0.29, 0.717) is 24.3 Å². The van der Waals surface area contributed by atoms with E-state index >= 15 is 0 Å². The van der Waals surface area contributed by atoms with Gasteiger partial charge in [-0.05, 0) is 37.1 Å². The minimum absolute atomic E-state index is 0.0786. The third-order valence-corrected chi connectivity index (χ3v) is 3.96. The molecule has 0 aliphatic carbocycles. The second kappa shape index (κ2) is 9.47. The molecule has 2 amide bonds. The summed E-state index contributed by atoms with van der Waals surface area (Å²) in [6, 6.07) is 12.2. The van der Waals surface area contributed by atoms with Gasteiger partial charge in [0.2, 0.25) is 0 Å². The largest absolute Gasteiger partial charge is 0.339 e. The highest BCUT2D eigenvalue weighted by molar-refractivity contribution is 6.05. The van der Waals surface area contributed by atoms with Crippen LogP contribution in [0.4, 0.5) is 11.4 Å². The van der Waals surface area contributed by atoms with Crippen molar-refractivity contribution in [3.63, 3.8) is 0 Å². The fraction of sp³-hybridized carbons (Fsp3) is 0.300. The quantitative estimate of drug-likeness (QED) is 0.560. The maximum absolute atomic E-state index is 12.7. The lowest BCUT2D eigenvalue weighted by Gasteiger charge is -2.21. The number of carbonyl (C=O) groups excluding carboxylic acids is 2. The van der Waals surface area contributed by atoms with Gasteiger partial charge in [0.25, 0.3) is 17.5 Å². The van der Waals surface area contributed by atoms with Gasteiger partial charge in [-0.15, -0.1) is 0 Å². The number of hydrogen-bond acceptors (Lipinski definition) is 4. The molecule has 0 saturated heterocycles. The predicted molar refractivity (Wildman–Crippen MR) is 104 cm³/mol. The molecule has 1 N–H and O–H groups in total. The van der Waals surface area contributed by atoms with Crippen molar-refractivity contribution in [2.24, 2.45) is 0 Å². The molecular weight excluding hydrogens is 346 g/mol. The monoisotopic (exact) mass is 369 g/mol. The first-order valence-electron chi connectivity index (χ1n) is 8.91. The number of nitrogens with one attached hydrogen (secondary N) is 1. The van der Waals surface area contributed by atoms with Crippen LogP contribution < -0.4 is 5.32 Å². The van der Waals surface area contributed by atoms with E-state index < -0.39 is 10.8 Å². The fourth-order valence-electron chi connectivity index (χ4n) is 2.73. The lowest BCUT2D eigenvalue weighted by Crippen LogP contribution is -2.32. The summed E-state index contributed by atoms with van der Waals surface area (Å²) < 4.78 is 0. The van der Waals surface area contributed by atoms with E-state index in [-0.39, 0.29) is 17.2 Å². The Kier molecular flexibility index (Phi) is 7.05. The molecule has 7 nitrogen and oxygen atoms in total. The van der Waals surface area contributed by atoms with Gasteiger partial charge in [0.1, 0.15) is 0 Å². The van der Waals surface area contributed by atoms with Crippen molar-refractivity contribution in [2.45, 2.75) is 26.7 Å². The topological polar surface area (TPSA) is 92.6 Å². The van der Waals surface area contributed by atoms with E-state index in [1.165, 1.54) is 24.3 Å². The van der Waals surface area contributed by atoms with E-state index in [9.17, 15) is 19.7 Å². The molecule has 0 unspecified atom stereocenters. The fourth-order valence-corrected chi connectivity index (χ4v) is 2.73. The van der Waals surface area contributed by atoms with E-state index in [1.807, 2.05) is 13.8 Å². The van der Waals surface area contributed by atoms with Gasteiger partial charge < -0.3 is 10.2 Å². The average molecular weight is 369 g/mol. The van der Waals surface area contributed by atoms with Crippen LogP contribution in [0.15, 0.2) is 48.5 Å². The zero-order chi connectivity index (χ0) is 19.8. The van der Waals surface area contributed by atoms with Crippen LogP contribution in [0, 0.1) is 10.1 Å². The smallest absolute Gasteiger partial charge is 0.270 e. The minimum Gasteiger partial charge on any atom is -0.339 e. The van der Waals surface area contributed by atoms with Crippen LogP contribution in [0.2, 0.25) is 0 Å². The van der Waals surface area contributed by atoms with Gasteiger partial charge in [0.05, 0.1) is 4.92 Å². The third kappa shape index (κ3) is 5.37. The maximum atomic E-state index is 12.7. The third-order valence-electron chi connectivity index (χ3n) is 3.96. The van der Waals surface area contributed by atoms with Crippen LogP contribution in [0.3, 0.4) is 0 Å². The molecule has 0 fully saturated rings. The van der Waals surface area contributed by atoms with Gasteiger partial charge >= 0.3 is 0 Å². The average Bonchev–Trinajstić information content (AvgIpc) is 2.67. The predicted octanol–water partition coefficient (Wildman–Crippen LogP) is 4.11. The van der Waals surface area contributed by atoms with Crippen molar-refractivity contribution in [3.8, 4) is 0 Å². The summed E-state index contributed by atoms with van der Waals surface area (Å²) in [5, 5.41) is 13.5. The Morgan fingerprint density at radius 1 is 1.00 bits per heavy atom. The Labute approximate surface area is 158 Å². The van der Waals surface area contributed by atoms with Crippen LogP contribution in [-0.4, -0.2) is 34.7 Å². The lowest BCUT2D eigenvalue weighted by atomic mass is 10.1. The van der Waals surface area contributed by atoms with Gasteiger partial charge in [0, 0.05) is 42.0 Å². The van der Waals surface area contributed by atoms with Crippen molar-refractivity contribution in [1.82, 2.24) is 4.90 Å². The van der Waals surface area contributed by atoms with E-state index in [0.717, 1.165) is 12.8 Å². The second-order valence-corrected chi connectivity index (χ2v) is 6.13. The molecule has 2 rings (SSSR count). The molecular formula is C20H23N3O4. The van der Waals surface area contributed by atoms with Crippen molar-refractivity contribution in [2.75, 3.05) is 18.4 Å². The summed E-state index contributed by atoms with van der Waals surface area (Å²) in [4.78, 5) is 37.2. The Hall–Kier alpha value is -3.22. The molecule has 0 aliphatic rings. The molecule has 0 saturated carbocycles. The van der Waals surface area contributed by atoms with Crippen molar-refractivity contribution in [1.29, 1.82) is 0 Å². The van der Waals surface area contributed by atoms with Crippen LogP contribution in [0.25, 0.3) is 0 Å². The first kappa shape index (κ1) is 20.1. The first-order chi connectivity index (χ1) is 13.0. The molecule has 0 aromatic heterocycles. The van der Waals surface area contributed by atoms with Gasteiger partial charge in [0.15, 0.2) is 0 Å². The highest BCUT2D eigenvalue weighted by Crippen LogP contribution is 2.17. The van der Waals surface area contributed by atoms with E-state index in [4.69, 9.17) is 0 Å². The Morgan fingerprint density at radius 2 is 1.63 bits per heavy atom. The van der Waals surface area contributed by atoms with Crippen LogP contribution in [-0.2, 0) is 0 Å². The summed E-state index contributed by atoms with van der Waals surface area (Å²) in [6.45, 7) is 5.39. The van der Waals surface area contributed by atoms with Crippen LogP contribution in [0.5, 0.6) is 0 Å². The number of rotatable bonds is 8. The molecule has 0 bridgehead atoms. The number of nitro groups is 1. The Bertz CT molecular complexity index is 829. The number of hydrogen-bond donors (Lipinski definition) is 1. The number of carbonyl (C=O) groups is 2. The molecule has 27 heavy (non-hydrogen) atoms. The first-order valence-corrected chi connectivity index (χ1v) is 8.91. The maximum Gasteiger partial charge on any atom is 0.270 e. The second-order valence-electron chi connectivity index (χ2n) is 6.13. The van der Waals surface area contributed by atoms with Gasteiger partial charge in [-0.3, -0.25) is 19.7 Å². The molecule has 0 spiro atoms.